The van der Waals surface area contributed by atoms with Crippen LogP contribution in [0.25, 0.3) is 0 Å². The Balaban J connectivity index is 0.00000364. The molecule has 2 rings (SSSR count). The van der Waals surface area contributed by atoms with Crippen molar-refractivity contribution in [1.82, 2.24) is 15.5 Å². The molecular formula is C20H35IN4OS. The third-order valence-electron chi connectivity index (χ3n) is 4.44. The Kier molecular flexibility index (Phi) is 12.4. The van der Waals surface area contributed by atoms with Crippen LogP contribution in [0.2, 0.25) is 0 Å². The molecule has 0 saturated heterocycles. The van der Waals surface area contributed by atoms with Crippen LogP contribution < -0.4 is 10.6 Å². The second-order valence-electron chi connectivity index (χ2n) is 6.87. The second-order valence-corrected chi connectivity index (χ2v) is 8.41. The number of ether oxygens (including phenoxy) is 1. The van der Waals surface area contributed by atoms with Crippen molar-refractivity contribution >= 4 is 41.7 Å². The van der Waals surface area contributed by atoms with Gasteiger partial charge in [-0.1, -0.05) is 18.2 Å². The van der Waals surface area contributed by atoms with E-state index in [1.54, 1.807) is 7.11 Å². The number of thioether (sulfide) groups is 1. The molecule has 7 heteroatoms. The van der Waals surface area contributed by atoms with Gasteiger partial charge in [-0.3, -0.25) is 4.99 Å². The molecule has 0 spiro atoms. The van der Waals surface area contributed by atoms with Crippen molar-refractivity contribution in [3.8, 4) is 0 Å². The fourth-order valence-corrected chi connectivity index (χ4v) is 3.88. The van der Waals surface area contributed by atoms with E-state index in [1.807, 2.05) is 11.8 Å². The molecule has 0 radical (unpaired) electrons. The molecule has 27 heavy (non-hydrogen) atoms. The number of hydrogen-bond acceptors (Lipinski definition) is 4. The van der Waals surface area contributed by atoms with Crippen LogP contribution in [0.15, 0.2) is 40.2 Å². The minimum absolute atomic E-state index is 0. The number of likely N-dealkylation sites (N-methyl/N-ethyl adjacent to an activating group) is 1. The summed E-state index contributed by atoms with van der Waals surface area (Å²) in [5, 5.41) is 6.83. The van der Waals surface area contributed by atoms with Crippen LogP contribution in [-0.4, -0.2) is 69.1 Å². The van der Waals surface area contributed by atoms with Crippen LogP contribution >= 0.6 is 35.7 Å². The van der Waals surface area contributed by atoms with E-state index in [4.69, 9.17) is 9.73 Å². The number of aliphatic imine (C=N–C) groups is 1. The summed E-state index contributed by atoms with van der Waals surface area (Å²) in [4.78, 5) is 8.49. The van der Waals surface area contributed by atoms with Crippen LogP contribution in [0.3, 0.4) is 0 Å². The number of nitrogens with zero attached hydrogens (tertiary/aromatic N) is 2. The van der Waals surface area contributed by atoms with Crippen LogP contribution in [0.1, 0.15) is 26.2 Å². The molecule has 0 aromatic heterocycles. The summed E-state index contributed by atoms with van der Waals surface area (Å²) in [6.45, 7) is 7.62. The Hall–Kier alpha value is -0.510. The van der Waals surface area contributed by atoms with E-state index < -0.39 is 0 Å². The highest BCUT2D eigenvalue weighted by Crippen LogP contribution is 2.51. The van der Waals surface area contributed by atoms with Gasteiger partial charge in [0.05, 0.1) is 13.2 Å². The molecule has 1 aromatic carbocycles. The van der Waals surface area contributed by atoms with Gasteiger partial charge in [-0.25, -0.2) is 0 Å². The first kappa shape index (κ1) is 24.5. The molecule has 0 heterocycles. The largest absolute Gasteiger partial charge is 0.383 e. The van der Waals surface area contributed by atoms with Crippen molar-refractivity contribution in [1.29, 1.82) is 0 Å². The molecule has 154 valence electrons. The highest BCUT2D eigenvalue weighted by molar-refractivity contribution is 14.0. The number of hydrogen-bond donors (Lipinski definition) is 2. The third kappa shape index (κ3) is 10.0. The molecular weight excluding hydrogens is 471 g/mol. The Bertz CT molecular complexity index is 540. The van der Waals surface area contributed by atoms with E-state index >= 15 is 0 Å². The van der Waals surface area contributed by atoms with Gasteiger partial charge < -0.3 is 20.3 Å². The molecule has 2 N–H and O–H groups in total. The minimum Gasteiger partial charge on any atom is -0.383 e. The van der Waals surface area contributed by atoms with Crippen LogP contribution in [0, 0.1) is 0 Å². The molecule has 0 unspecified atom stereocenters. The molecule has 1 aliphatic carbocycles. The highest BCUT2D eigenvalue weighted by atomic mass is 127. The lowest BCUT2D eigenvalue weighted by atomic mass is 10.4. The standard InChI is InChI=1S/C20H34N4OS.HI/c1-4-21-19(22-13-8-14-24(2)15-16-25-3)23-17-20(11-12-20)26-18-9-6-5-7-10-18;/h5-7,9-10H,4,8,11-17H2,1-3H3,(H2,21,22,23);1H. The first-order chi connectivity index (χ1) is 12.7. The highest BCUT2D eigenvalue weighted by Gasteiger charge is 2.43. The Labute approximate surface area is 186 Å². The second kappa shape index (κ2) is 13.6. The van der Waals surface area contributed by atoms with Gasteiger partial charge in [0.2, 0.25) is 0 Å². The number of methoxy groups -OCH3 is 1. The van der Waals surface area contributed by atoms with E-state index in [1.165, 1.54) is 17.7 Å². The van der Waals surface area contributed by atoms with Crippen molar-refractivity contribution in [2.24, 2.45) is 4.99 Å². The molecule has 0 bridgehead atoms. The van der Waals surface area contributed by atoms with E-state index in [9.17, 15) is 0 Å². The zero-order valence-electron chi connectivity index (χ0n) is 16.9. The lowest BCUT2D eigenvalue weighted by molar-refractivity contribution is 0.161. The summed E-state index contributed by atoms with van der Waals surface area (Å²) in [6.07, 6.45) is 3.59. The number of nitrogens with one attached hydrogen (secondary N) is 2. The molecule has 0 amide bonds. The first-order valence-electron chi connectivity index (χ1n) is 9.61. The van der Waals surface area contributed by atoms with Gasteiger partial charge in [-0.15, -0.1) is 35.7 Å². The SMILES string of the molecule is CCNC(=NCC1(Sc2ccccc2)CC1)NCCCN(C)CCOC.I. The minimum atomic E-state index is 0. The molecule has 0 atom stereocenters. The van der Waals surface area contributed by atoms with Crippen molar-refractivity contribution in [2.75, 3.05) is 53.5 Å². The maximum Gasteiger partial charge on any atom is 0.191 e. The quantitative estimate of drug-likeness (QED) is 0.197. The topological polar surface area (TPSA) is 48.9 Å². The van der Waals surface area contributed by atoms with Gasteiger partial charge in [0.1, 0.15) is 0 Å². The molecule has 5 nitrogen and oxygen atoms in total. The predicted octanol–water partition coefficient (Wildman–Crippen LogP) is 3.45. The van der Waals surface area contributed by atoms with Gasteiger partial charge in [-0.05, 0) is 51.9 Å². The fraction of sp³-hybridized carbons (Fsp3) is 0.650. The lowest BCUT2D eigenvalue weighted by Crippen LogP contribution is -2.39. The first-order valence-corrected chi connectivity index (χ1v) is 10.4. The number of halogens is 1. The summed E-state index contributed by atoms with van der Waals surface area (Å²) >= 11 is 1.98. The zero-order valence-corrected chi connectivity index (χ0v) is 20.0. The summed E-state index contributed by atoms with van der Waals surface area (Å²) in [5.41, 5.74) is 0. The number of rotatable bonds is 12. The zero-order chi connectivity index (χ0) is 18.7. The van der Waals surface area contributed by atoms with Gasteiger partial charge in [-0.2, -0.15) is 0 Å². The molecule has 1 aliphatic rings. The van der Waals surface area contributed by atoms with Crippen molar-refractivity contribution in [3.05, 3.63) is 30.3 Å². The lowest BCUT2D eigenvalue weighted by Gasteiger charge is -2.17. The smallest absolute Gasteiger partial charge is 0.191 e. The van der Waals surface area contributed by atoms with Crippen molar-refractivity contribution in [3.63, 3.8) is 0 Å². The van der Waals surface area contributed by atoms with Gasteiger partial charge >= 0.3 is 0 Å². The number of benzene rings is 1. The van der Waals surface area contributed by atoms with E-state index in [-0.39, 0.29) is 24.0 Å². The maximum absolute atomic E-state index is 5.11. The third-order valence-corrected chi connectivity index (χ3v) is 5.92. The average molecular weight is 506 g/mol. The van der Waals surface area contributed by atoms with E-state index in [0.717, 1.165) is 51.7 Å². The summed E-state index contributed by atoms with van der Waals surface area (Å²) in [5.74, 6) is 0.937. The molecule has 1 aromatic rings. The maximum atomic E-state index is 5.11. The normalized spacial score (nSPS) is 15.3. The summed E-state index contributed by atoms with van der Waals surface area (Å²) in [6, 6.07) is 10.7. The van der Waals surface area contributed by atoms with Crippen molar-refractivity contribution < 1.29 is 4.74 Å². The van der Waals surface area contributed by atoms with Gasteiger partial charge in [0.15, 0.2) is 5.96 Å². The molecule has 0 aliphatic heterocycles. The molecule has 1 saturated carbocycles. The van der Waals surface area contributed by atoms with Crippen LogP contribution in [0.4, 0.5) is 0 Å². The van der Waals surface area contributed by atoms with E-state index in [2.05, 4.69) is 59.8 Å². The van der Waals surface area contributed by atoms with Crippen molar-refractivity contribution in [2.45, 2.75) is 35.8 Å². The average Bonchev–Trinajstić information content (AvgIpc) is 3.42. The van der Waals surface area contributed by atoms with Gasteiger partial charge in [0, 0.05) is 36.4 Å². The Morgan fingerprint density at radius 2 is 1.96 bits per heavy atom. The summed E-state index contributed by atoms with van der Waals surface area (Å²) < 4.78 is 5.41. The van der Waals surface area contributed by atoms with Crippen LogP contribution in [0.5, 0.6) is 0 Å². The van der Waals surface area contributed by atoms with Gasteiger partial charge in [0.25, 0.3) is 0 Å². The van der Waals surface area contributed by atoms with E-state index in [0.29, 0.717) is 4.75 Å². The monoisotopic (exact) mass is 506 g/mol. The predicted molar refractivity (Wildman–Crippen MR) is 128 cm³/mol. The van der Waals surface area contributed by atoms with Crippen LogP contribution in [-0.2, 0) is 4.74 Å². The summed E-state index contributed by atoms with van der Waals surface area (Å²) in [7, 11) is 3.88. The fourth-order valence-electron chi connectivity index (χ4n) is 2.65. The Morgan fingerprint density at radius 3 is 2.59 bits per heavy atom. The number of guanidine groups is 1. The Morgan fingerprint density at radius 1 is 1.22 bits per heavy atom. The molecule has 1 fully saturated rings.